The quantitative estimate of drug-likeness (QED) is 0.763. The van der Waals surface area contributed by atoms with Crippen LogP contribution in [-0.4, -0.2) is 35.2 Å². The van der Waals surface area contributed by atoms with Gasteiger partial charge in [-0.3, -0.25) is 0 Å². The molecule has 0 bridgehead atoms. The normalized spacial score (nSPS) is 13.8. The third-order valence-electron chi connectivity index (χ3n) is 2.34. The molecule has 1 unspecified atom stereocenters. The molecule has 0 aromatic carbocycles. The van der Waals surface area contributed by atoms with Crippen LogP contribution in [0.5, 0.6) is 0 Å². The minimum Gasteiger partial charge on any atom is -0.464 e. The lowest BCUT2D eigenvalue weighted by Crippen LogP contribution is -2.35. The first-order valence-electron chi connectivity index (χ1n) is 5.66. The first kappa shape index (κ1) is 15.2. The number of sulfonamides is 1. The lowest BCUT2D eigenvalue weighted by atomic mass is 10.4. The summed E-state index contributed by atoms with van der Waals surface area (Å²) in [6, 6.07) is 1.25. The summed E-state index contributed by atoms with van der Waals surface area (Å²) in [5.74, 6) is 0.979. The van der Waals surface area contributed by atoms with Gasteiger partial charge in [0.05, 0.1) is 13.2 Å². The summed E-state index contributed by atoms with van der Waals surface area (Å²) in [7, 11) is -0.266. The Kier molecular flexibility index (Phi) is 5.33. The van der Waals surface area contributed by atoms with E-state index in [1.54, 1.807) is 20.9 Å². The largest absolute Gasteiger partial charge is 0.464 e. The van der Waals surface area contributed by atoms with Crippen molar-refractivity contribution in [3.63, 3.8) is 0 Å². The van der Waals surface area contributed by atoms with Crippen LogP contribution >= 0.6 is 0 Å². The Labute approximate surface area is 108 Å². The molecule has 0 fully saturated rings. The van der Waals surface area contributed by atoms with E-state index in [9.17, 15) is 8.42 Å². The second-order valence-electron chi connectivity index (χ2n) is 4.14. The van der Waals surface area contributed by atoms with Gasteiger partial charge in [0.2, 0.25) is 10.0 Å². The molecule has 0 saturated heterocycles. The van der Waals surface area contributed by atoms with E-state index in [0.717, 1.165) is 0 Å². The van der Waals surface area contributed by atoms with Crippen LogP contribution in [0.4, 0.5) is 0 Å². The van der Waals surface area contributed by atoms with E-state index in [2.05, 4.69) is 10.0 Å². The van der Waals surface area contributed by atoms with Crippen LogP contribution in [0.15, 0.2) is 15.4 Å². The highest BCUT2D eigenvalue weighted by Crippen LogP contribution is 2.20. The van der Waals surface area contributed by atoms with E-state index in [1.165, 1.54) is 13.2 Å². The SMILES string of the molecule is CNCc1cc(S(=O)(=O)NC(C)COC)c(C)o1. The van der Waals surface area contributed by atoms with Crippen molar-refractivity contribution >= 4 is 10.0 Å². The Hall–Kier alpha value is -0.890. The molecule has 0 radical (unpaired) electrons. The lowest BCUT2D eigenvalue weighted by molar-refractivity contribution is 0.180. The maximum atomic E-state index is 12.1. The average molecular weight is 276 g/mol. The second-order valence-corrected chi connectivity index (χ2v) is 5.82. The van der Waals surface area contributed by atoms with Crippen LogP contribution in [0, 0.1) is 6.92 Å². The molecule has 6 nitrogen and oxygen atoms in total. The molecule has 1 heterocycles. The first-order valence-corrected chi connectivity index (χ1v) is 7.14. The van der Waals surface area contributed by atoms with Gasteiger partial charge in [-0.25, -0.2) is 13.1 Å². The molecule has 1 aromatic rings. The fourth-order valence-corrected chi connectivity index (χ4v) is 3.10. The standard InChI is InChI=1S/C11H20N2O4S/c1-8(7-16-4)13-18(14,15)11-5-10(6-12-3)17-9(11)2/h5,8,12-13H,6-7H2,1-4H3. The smallest absolute Gasteiger partial charge is 0.244 e. The molecule has 0 spiro atoms. The molecule has 1 atom stereocenters. The van der Waals surface area contributed by atoms with E-state index in [-0.39, 0.29) is 10.9 Å². The number of ether oxygens (including phenoxy) is 1. The number of hydrogen-bond acceptors (Lipinski definition) is 5. The van der Waals surface area contributed by atoms with Crippen molar-refractivity contribution < 1.29 is 17.6 Å². The molecule has 1 aromatic heterocycles. The summed E-state index contributed by atoms with van der Waals surface area (Å²) < 4.78 is 37.0. The zero-order valence-corrected chi connectivity index (χ0v) is 11.9. The van der Waals surface area contributed by atoms with Gasteiger partial charge in [-0.1, -0.05) is 0 Å². The topological polar surface area (TPSA) is 80.6 Å². The summed E-state index contributed by atoms with van der Waals surface area (Å²) in [6.45, 7) is 4.18. The van der Waals surface area contributed by atoms with Crippen LogP contribution in [0.25, 0.3) is 0 Å². The second kappa shape index (κ2) is 6.33. The Morgan fingerprint density at radius 2 is 2.17 bits per heavy atom. The molecule has 2 N–H and O–H groups in total. The average Bonchev–Trinajstić information content (AvgIpc) is 2.60. The summed E-state index contributed by atoms with van der Waals surface area (Å²) in [6.07, 6.45) is 0. The molecule has 104 valence electrons. The van der Waals surface area contributed by atoms with Crippen molar-refractivity contribution in [2.45, 2.75) is 31.3 Å². The van der Waals surface area contributed by atoms with E-state index in [0.29, 0.717) is 24.7 Å². The van der Waals surface area contributed by atoms with Crippen molar-refractivity contribution in [1.29, 1.82) is 0 Å². The Morgan fingerprint density at radius 3 is 2.72 bits per heavy atom. The Bertz CT molecular complexity index is 481. The minimum absolute atomic E-state index is 0.177. The van der Waals surface area contributed by atoms with Gasteiger partial charge in [-0.2, -0.15) is 0 Å². The predicted octanol–water partition coefficient (Wildman–Crippen LogP) is 0.621. The number of rotatable bonds is 7. The van der Waals surface area contributed by atoms with Crippen molar-refractivity contribution in [3.05, 3.63) is 17.6 Å². The minimum atomic E-state index is -3.56. The van der Waals surface area contributed by atoms with Crippen molar-refractivity contribution in [2.24, 2.45) is 0 Å². The number of nitrogens with one attached hydrogen (secondary N) is 2. The highest BCUT2D eigenvalue weighted by atomic mass is 32.2. The summed E-state index contributed by atoms with van der Waals surface area (Å²) in [5.41, 5.74) is 0. The molecule has 0 aliphatic rings. The van der Waals surface area contributed by atoms with Gasteiger partial charge in [-0.05, 0) is 20.9 Å². The zero-order valence-electron chi connectivity index (χ0n) is 11.1. The molecular weight excluding hydrogens is 256 g/mol. The Morgan fingerprint density at radius 1 is 1.50 bits per heavy atom. The van der Waals surface area contributed by atoms with Crippen LogP contribution in [-0.2, 0) is 21.3 Å². The summed E-state index contributed by atoms with van der Waals surface area (Å²) >= 11 is 0. The first-order chi connectivity index (χ1) is 8.40. The summed E-state index contributed by atoms with van der Waals surface area (Å²) in [4.78, 5) is 0.177. The van der Waals surface area contributed by atoms with Crippen molar-refractivity contribution in [3.8, 4) is 0 Å². The molecule has 0 amide bonds. The maximum absolute atomic E-state index is 12.1. The van der Waals surface area contributed by atoms with E-state index < -0.39 is 10.0 Å². The molecule has 0 saturated carbocycles. The highest BCUT2D eigenvalue weighted by Gasteiger charge is 2.23. The maximum Gasteiger partial charge on any atom is 0.244 e. The fourth-order valence-electron chi connectivity index (χ4n) is 1.66. The number of hydrogen-bond donors (Lipinski definition) is 2. The third-order valence-corrected chi connectivity index (χ3v) is 4.03. The number of aryl methyl sites for hydroxylation is 1. The predicted molar refractivity (Wildman–Crippen MR) is 67.9 cm³/mol. The molecule has 0 aliphatic heterocycles. The van der Waals surface area contributed by atoms with E-state index in [4.69, 9.17) is 9.15 Å². The molecule has 18 heavy (non-hydrogen) atoms. The van der Waals surface area contributed by atoms with Gasteiger partial charge in [0.25, 0.3) is 0 Å². The number of furan rings is 1. The number of methoxy groups -OCH3 is 1. The highest BCUT2D eigenvalue weighted by molar-refractivity contribution is 7.89. The van der Waals surface area contributed by atoms with Crippen molar-refractivity contribution in [1.82, 2.24) is 10.0 Å². The lowest BCUT2D eigenvalue weighted by Gasteiger charge is -2.12. The monoisotopic (exact) mass is 276 g/mol. The van der Waals surface area contributed by atoms with Gasteiger partial charge < -0.3 is 14.5 Å². The van der Waals surface area contributed by atoms with Gasteiger partial charge in [0, 0.05) is 19.2 Å². The van der Waals surface area contributed by atoms with Gasteiger partial charge >= 0.3 is 0 Å². The van der Waals surface area contributed by atoms with Crippen LogP contribution in [0.2, 0.25) is 0 Å². The summed E-state index contributed by atoms with van der Waals surface area (Å²) in [5, 5.41) is 2.91. The molecular formula is C11H20N2O4S. The Balaban J connectivity index is 2.90. The molecule has 0 aliphatic carbocycles. The van der Waals surface area contributed by atoms with Crippen molar-refractivity contribution in [2.75, 3.05) is 20.8 Å². The van der Waals surface area contributed by atoms with E-state index >= 15 is 0 Å². The zero-order chi connectivity index (χ0) is 13.8. The van der Waals surface area contributed by atoms with Crippen LogP contribution < -0.4 is 10.0 Å². The molecule has 7 heteroatoms. The molecule has 1 rings (SSSR count). The van der Waals surface area contributed by atoms with Gasteiger partial charge in [0.15, 0.2) is 0 Å². The van der Waals surface area contributed by atoms with E-state index in [1.807, 2.05) is 0 Å². The van der Waals surface area contributed by atoms with Gasteiger partial charge in [0.1, 0.15) is 16.4 Å². The third kappa shape index (κ3) is 3.81. The fraction of sp³-hybridized carbons (Fsp3) is 0.636. The van der Waals surface area contributed by atoms with Crippen LogP contribution in [0.3, 0.4) is 0 Å². The van der Waals surface area contributed by atoms with Crippen LogP contribution in [0.1, 0.15) is 18.4 Å². The van der Waals surface area contributed by atoms with Gasteiger partial charge in [-0.15, -0.1) is 0 Å².